The minimum Gasteiger partial charge on any atom is -0.343 e. The van der Waals surface area contributed by atoms with Gasteiger partial charge in [0.05, 0.1) is 0 Å². The monoisotopic (exact) mass is 266 g/mol. The van der Waals surface area contributed by atoms with Crippen molar-refractivity contribution in [3.63, 3.8) is 0 Å². The molecular weight excluding hydrogens is 236 g/mol. The van der Waals surface area contributed by atoms with Gasteiger partial charge in [0.25, 0.3) is 0 Å². The Morgan fingerprint density at radius 2 is 1.84 bits per heavy atom. The lowest BCUT2D eigenvalue weighted by Crippen LogP contribution is -2.36. The maximum absolute atomic E-state index is 11.9. The zero-order valence-electron chi connectivity index (χ0n) is 12.5. The normalized spacial score (nSPS) is 27.7. The molecule has 0 atom stereocenters. The van der Waals surface area contributed by atoms with Crippen LogP contribution in [-0.4, -0.2) is 36.5 Å². The molecule has 1 saturated carbocycles. The van der Waals surface area contributed by atoms with E-state index in [0.29, 0.717) is 18.4 Å². The fourth-order valence-electron chi connectivity index (χ4n) is 3.57. The van der Waals surface area contributed by atoms with Gasteiger partial charge in [0.15, 0.2) is 0 Å². The van der Waals surface area contributed by atoms with Crippen LogP contribution in [0.1, 0.15) is 64.7 Å². The third-order valence-electron chi connectivity index (χ3n) is 4.77. The summed E-state index contributed by atoms with van der Waals surface area (Å²) in [7, 11) is 0. The van der Waals surface area contributed by atoms with Crippen LogP contribution in [0.5, 0.6) is 0 Å². The minimum absolute atomic E-state index is 0.352. The van der Waals surface area contributed by atoms with Crippen LogP contribution in [0.15, 0.2) is 0 Å². The van der Waals surface area contributed by atoms with Crippen molar-refractivity contribution in [2.75, 3.05) is 19.6 Å². The molecule has 0 radical (unpaired) electrons. The van der Waals surface area contributed by atoms with Gasteiger partial charge in [-0.15, -0.1) is 0 Å². The molecule has 1 aliphatic carbocycles. The van der Waals surface area contributed by atoms with Crippen molar-refractivity contribution >= 4 is 5.91 Å². The molecule has 1 saturated heterocycles. The van der Waals surface area contributed by atoms with E-state index in [-0.39, 0.29) is 0 Å². The number of nitrogens with one attached hydrogen (secondary N) is 1. The number of carbonyl (C=O) groups excluding carboxylic acids is 1. The molecule has 0 aromatic heterocycles. The van der Waals surface area contributed by atoms with Gasteiger partial charge >= 0.3 is 0 Å². The van der Waals surface area contributed by atoms with Crippen LogP contribution in [0.2, 0.25) is 0 Å². The highest BCUT2D eigenvalue weighted by Crippen LogP contribution is 2.27. The summed E-state index contributed by atoms with van der Waals surface area (Å²) in [6, 6.07) is 0.666. The number of rotatable bonds is 6. The second kappa shape index (κ2) is 7.88. The molecule has 3 heteroatoms. The van der Waals surface area contributed by atoms with Crippen molar-refractivity contribution < 1.29 is 4.79 Å². The Kier molecular flexibility index (Phi) is 6.15. The van der Waals surface area contributed by atoms with Gasteiger partial charge in [0.2, 0.25) is 5.91 Å². The summed E-state index contributed by atoms with van der Waals surface area (Å²) in [5.41, 5.74) is 0. The van der Waals surface area contributed by atoms with Gasteiger partial charge in [0, 0.05) is 32.1 Å². The Balaban J connectivity index is 1.55. The van der Waals surface area contributed by atoms with Crippen molar-refractivity contribution in [2.24, 2.45) is 5.92 Å². The first-order valence-corrected chi connectivity index (χ1v) is 8.30. The van der Waals surface area contributed by atoms with E-state index in [1.807, 2.05) is 4.90 Å². The first kappa shape index (κ1) is 14.8. The standard InChI is InChI=1S/C16H30N2O/c1-2-5-14-6-8-15(9-7-14)17-11-10-16(19)18-12-3-4-13-18/h14-15,17H,2-13H2,1H3. The van der Waals surface area contributed by atoms with Gasteiger partial charge in [-0.3, -0.25) is 4.79 Å². The highest BCUT2D eigenvalue weighted by Gasteiger charge is 2.21. The van der Waals surface area contributed by atoms with Crippen molar-refractivity contribution in [3.8, 4) is 0 Å². The maximum Gasteiger partial charge on any atom is 0.223 e. The van der Waals surface area contributed by atoms with Gasteiger partial charge < -0.3 is 10.2 Å². The van der Waals surface area contributed by atoms with Gasteiger partial charge in [0.1, 0.15) is 0 Å². The molecule has 0 unspecified atom stereocenters. The Labute approximate surface area is 118 Å². The first-order valence-electron chi connectivity index (χ1n) is 8.30. The van der Waals surface area contributed by atoms with Crippen LogP contribution >= 0.6 is 0 Å². The first-order chi connectivity index (χ1) is 9.29. The number of amides is 1. The van der Waals surface area contributed by atoms with Gasteiger partial charge in [-0.2, -0.15) is 0 Å². The quantitative estimate of drug-likeness (QED) is 0.801. The highest BCUT2D eigenvalue weighted by atomic mass is 16.2. The molecule has 19 heavy (non-hydrogen) atoms. The van der Waals surface area contributed by atoms with E-state index in [4.69, 9.17) is 0 Å². The van der Waals surface area contributed by atoms with Gasteiger partial charge in [-0.1, -0.05) is 19.8 Å². The van der Waals surface area contributed by atoms with Crippen molar-refractivity contribution in [3.05, 3.63) is 0 Å². The van der Waals surface area contributed by atoms with E-state index in [2.05, 4.69) is 12.2 Å². The Bertz CT molecular complexity index is 266. The lowest BCUT2D eigenvalue weighted by atomic mass is 9.83. The van der Waals surface area contributed by atoms with Crippen molar-refractivity contribution in [2.45, 2.75) is 70.8 Å². The van der Waals surface area contributed by atoms with E-state index in [1.165, 1.54) is 51.4 Å². The molecule has 1 amide bonds. The highest BCUT2D eigenvalue weighted by molar-refractivity contribution is 5.76. The summed E-state index contributed by atoms with van der Waals surface area (Å²) in [5.74, 6) is 1.32. The maximum atomic E-state index is 11.9. The van der Waals surface area contributed by atoms with Gasteiger partial charge in [-0.25, -0.2) is 0 Å². The molecule has 0 bridgehead atoms. The van der Waals surface area contributed by atoms with Crippen LogP contribution in [0.3, 0.4) is 0 Å². The number of carbonyl (C=O) groups is 1. The van der Waals surface area contributed by atoms with Crippen LogP contribution < -0.4 is 5.32 Å². The average Bonchev–Trinajstić information content (AvgIpc) is 2.95. The molecule has 0 aromatic carbocycles. The van der Waals surface area contributed by atoms with Gasteiger partial charge in [-0.05, 0) is 44.4 Å². The number of likely N-dealkylation sites (tertiary alicyclic amines) is 1. The van der Waals surface area contributed by atoms with E-state index < -0.39 is 0 Å². The summed E-state index contributed by atoms with van der Waals surface area (Å²) in [6.45, 7) is 5.13. The third kappa shape index (κ3) is 4.79. The van der Waals surface area contributed by atoms with E-state index in [0.717, 1.165) is 25.6 Å². The zero-order valence-corrected chi connectivity index (χ0v) is 12.5. The predicted molar refractivity (Wildman–Crippen MR) is 79.1 cm³/mol. The lowest BCUT2D eigenvalue weighted by molar-refractivity contribution is -0.130. The van der Waals surface area contributed by atoms with E-state index >= 15 is 0 Å². The number of hydrogen-bond acceptors (Lipinski definition) is 2. The summed E-state index contributed by atoms with van der Waals surface area (Å²) in [4.78, 5) is 13.9. The summed E-state index contributed by atoms with van der Waals surface area (Å²) in [6.07, 6.45) is 11.2. The fraction of sp³-hybridized carbons (Fsp3) is 0.938. The molecule has 2 aliphatic rings. The summed E-state index contributed by atoms with van der Waals surface area (Å²) < 4.78 is 0. The molecule has 1 aliphatic heterocycles. The topological polar surface area (TPSA) is 32.3 Å². The molecule has 1 N–H and O–H groups in total. The predicted octanol–water partition coefficient (Wildman–Crippen LogP) is 2.95. The van der Waals surface area contributed by atoms with Crippen LogP contribution in [-0.2, 0) is 4.79 Å². The number of nitrogens with zero attached hydrogens (tertiary/aromatic N) is 1. The largest absolute Gasteiger partial charge is 0.343 e. The van der Waals surface area contributed by atoms with Crippen molar-refractivity contribution in [1.29, 1.82) is 0 Å². The molecule has 2 rings (SSSR count). The van der Waals surface area contributed by atoms with Crippen LogP contribution in [0.4, 0.5) is 0 Å². The minimum atomic E-state index is 0.352. The van der Waals surface area contributed by atoms with Crippen LogP contribution in [0.25, 0.3) is 0 Å². The Morgan fingerprint density at radius 3 is 2.47 bits per heavy atom. The molecule has 110 valence electrons. The zero-order chi connectivity index (χ0) is 13.5. The Hall–Kier alpha value is -0.570. The SMILES string of the molecule is CCCC1CCC(NCCC(=O)N2CCCC2)CC1. The molecular formula is C16H30N2O. The van der Waals surface area contributed by atoms with Crippen molar-refractivity contribution in [1.82, 2.24) is 10.2 Å². The lowest BCUT2D eigenvalue weighted by Gasteiger charge is -2.29. The summed E-state index contributed by atoms with van der Waals surface area (Å²) in [5, 5.41) is 3.59. The van der Waals surface area contributed by atoms with E-state index in [1.54, 1.807) is 0 Å². The van der Waals surface area contributed by atoms with Crippen LogP contribution in [0, 0.1) is 5.92 Å². The second-order valence-electron chi connectivity index (χ2n) is 6.30. The average molecular weight is 266 g/mol. The fourth-order valence-corrected chi connectivity index (χ4v) is 3.57. The summed E-state index contributed by atoms with van der Waals surface area (Å²) >= 11 is 0. The molecule has 2 fully saturated rings. The smallest absolute Gasteiger partial charge is 0.223 e. The third-order valence-corrected chi connectivity index (χ3v) is 4.77. The molecule has 3 nitrogen and oxygen atoms in total. The Morgan fingerprint density at radius 1 is 1.16 bits per heavy atom. The molecule has 0 spiro atoms. The number of hydrogen-bond donors (Lipinski definition) is 1. The van der Waals surface area contributed by atoms with E-state index in [9.17, 15) is 4.79 Å². The molecule has 0 aromatic rings. The second-order valence-corrected chi connectivity index (χ2v) is 6.30. The molecule has 1 heterocycles.